The molecular weight excluding hydrogens is 295 g/mol. The number of amides is 1. The van der Waals surface area contributed by atoms with E-state index in [2.05, 4.69) is 0 Å². The van der Waals surface area contributed by atoms with Gasteiger partial charge < -0.3 is 0 Å². The van der Waals surface area contributed by atoms with Gasteiger partial charge >= 0.3 is 6.18 Å². The Hall–Kier alpha value is -1.57. The van der Waals surface area contributed by atoms with Gasteiger partial charge in [0, 0.05) is 5.92 Å². The molecule has 1 amide bonds. The Bertz CT molecular complexity index is 579. The molecule has 1 aromatic carbocycles. The number of halogens is 3. The Balaban J connectivity index is 2.72. The summed E-state index contributed by atoms with van der Waals surface area (Å²) in [4.78, 5) is 11.5. The van der Waals surface area contributed by atoms with Crippen LogP contribution in [0.25, 0.3) is 0 Å². The quantitative estimate of drug-likeness (QED) is 0.925. The Kier molecular flexibility index (Phi) is 4.80. The first-order chi connectivity index (χ1) is 8.99. The normalized spacial score (nSPS) is 13.8. The van der Waals surface area contributed by atoms with Crippen molar-refractivity contribution in [2.45, 2.75) is 19.5 Å². The molecule has 0 fully saturated rings. The molecule has 0 saturated carbocycles. The molecular formula is C12H14F3NO3S. The minimum absolute atomic E-state index is 0.152. The highest BCUT2D eigenvalue weighted by Gasteiger charge is 2.30. The van der Waals surface area contributed by atoms with Gasteiger partial charge in [0.05, 0.1) is 11.8 Å². The molecule has 0 aliphatic carbocycles. The fraction of sp³-hybridized carbons (Fsp3) is 0.417. The van der Waals surface area contributed by atoms with Gasteiger partial charge in [-0.15, -0.1) is 0 Å². The average Bonchev–Trinajstić information content (AvgIpc) is 2.26. The lowest BCUT2D eigenvalue weighted by molar-refractivity contribution is -0.137. The number of nitrogens with one attached hydrogen (secondary N) is 1. The zero-order valence-corrected chi connectivity index (χ0v) is 11.7. The molecule has 20 heavy (non-hydrogen) atoms. The SMILES string of the molecule is CC(Cc1ccc(C(F)(F)F)cc1)C(=O)NS(C)(=O)=O. The summed E-state index contributed by atoms with van der Waals surface area (Å²) in [5.74, 6) is -1.35. The van der Waals surface area contributed by atoms with Crippen molar-refractivity contribution in [3.05, 3.63) is 35.4 Å². The number of sulfonamides is 1. The van der Waals surface area contributed by atoms with Crippen LogP contribution in [0.15, 0.2) is 24.3 Å². The number of benzene rings is 1. The van der Waals surface area contributed by atoms with E-state index >= 15 is 0 Å². The minimum atomic E-state index is -4.40. The lowest BCUT2D eigenvalue weighted by Gasteiger charge is -2.12. The van der Waals surface area contributed by atoms with Crippen LogP contribution in [-0.2, 0) is 27.4 Å². The highest BCUT2D eigenvalue weighted by atomic mass is 32.2. The number of carbonyl (C=O) groups is 1. The van der Waals surface area contributed by atoms with E-state index in [1.807, 2.05) is 4.72 Å². The molecule has 1 atom stereocenters. The van der Waals surface area contributed by atoms with E-state index in [4.69, 9.17) is 0 Å². The highest BCUT2D eigenvalue weighted by molar-refractivity contribution is 7.89. The topological polar surface area (TPSA) is 63.2 Å². The van der Waals surface area contributed by atoms with Gasteiger partial charge in [-0.25, -0.2) is 8.42 Å². The molecule has 0 aliphatic heterocycles. The number of hydrogen-bond donors (Lipinski definition) is 1. The molecule has 0 saturated heterocycles. The molecule has 0 bridgehead atoms. The van der Waals surface area contributed by atoms with Crippen molar-refractivity contribution in [2.24, 2.45) is 5.92 Å². The first-order valence-electron chi connectivity index (χ1n) is 5.67. The van der Waals surface area contributed by atoms with Crippen LogP contribution in [0.1, 0.15) is 18.1 Å². The van der Waals surface area contributed by atoms with Crippen molar-refractivity contribution in [1.29, 1.82) is 0 Å². The summed E-state index contributed by atoms with van der Waals surface area (Å²) in [5.41, 5.74) is -0.247. The first kappa shape index (κ1) is 16.5. The standard InChI is InChI=1S/C12H14F3NO3S/c1-8(11(17)16-20(2,18)19)7-9-3-5-10(6-4-9)12(13,14)15/h3-6,8H,7H2,1-2H3,(H,16,17). The van der Waals surface area contributed by atoms with Crippen LogP contribution in [-0.4, -0.2) is 20.6 Å². The van der Waals surface area contributed by atoms with Crippen LogP contribution in [0.4, 0.5) is 13.2 Å². The van der Waals surface area contributed by atoms with Crippen LogP contribution >= 0.6 is 0 Å². The van der Waals surface area contributed by atoms with Crippen LogP contribution in [0.2, 0.25) is 0 Å². The van der Waals surface area contributed by atoms with Gasteiger partial charge in [-0.3, -0.25) is 9.52 Å². The van der Waals surface area contributed by atoms with E-state index in [9.17, 15) is 26.4 Å². The van der Waals surface area contributed by atoms with Gasteiger partial charge in [-0.2, -0.15) is 13.2 Å². The summed E-state index contributed by atoms with van der Waals surface area (Å²) in [7, 11) is -3.64. The third-order valence-corrected chi connectivity index (χ3v) is 3.13. The van der Waals surface area contributed by atoms with Crippen LogP contribution in [0.5, 0.6) is 0 Å². The van der Waals surface area contributed by atoms with Crippen molar-refractivity contribution in [3.8, 4) is 0 Å². The lowest BCUT2D eigenvalue weighted by atomic mass is 9.99. The molecule has 1 N–H and O–H groups in total. The number of carbonyl (C=O) groups excluding carboxylic acids is 1. The van der Waals surface area contributed by atoms with E-state index < -0.39 is 33.6 Å². The third kappa shape index (κ3) is 5.20. The molecule has 1 aromatic rings. The van der Waals surface area contributed by atoms with E-state index in [0.717, 1.165) is 18.4 Å². The second-order valence-corrected chi connectivity index (χ2v) is 6.29. The van der Waals surface area contributed by atoms with Crippen molar-refractivity contribution < 1.29 is 26.4 Å². The predicted molar refractivity (Wildman–Crippen MR) is 67.3 cm³/mol. The molecule has 0 aliphatic rings. The van der Waals surface area contributed by atoms with Gasteiger partial charge in [-0.1, -0.05) is 19.1 Å². The Morgan fingerprint density at radius 2 is 1.75 bits per heavy atom. The summed E-state index contributed by atoms with van der Waals surface area (Å²) < 4.78 is 60.7. The molecule has 1 rings (SSSR count). The smallest absolute Gasteiger partial charge is 0.274 e. The first-order valence-corrected chi connectivity index (χ1v) is 7.56. The zero-order chi connectivity index (χ0) is 15.6. The number of alkyl halides is 3. The van der Waals surface area contributed by atoms with E-state index in [-0.39, 0.29) is 6.42 Å². The van der Waals surface area contributed by atoms with Crippen LogP contribution in [0.3, 0.4) is 0 Å². The summed E-state index contributed by atoms with van der Waals surface area (Å²) >= 11 is 0. The molecule has 0 radical (unpaired) electrons. The zero-order valence-electron chi connectivity index (χ0n) is 10.9. The van der Waals surface area contributed by atoms with Crippen molar-refractivity contribution in [3.63, 3.8) is 0 Å². The molecule has 1 unspecified atom stereocenters. The van der Waals surface area contributed by atoms with Crippen LogP contribution in [0, 0.1) is 5.92 Å². The maximum absolute atomic E-state index is 12.4. The summed E-state index contributed by atoms with van der Waals surface area (Å²) in [5, 5.41) is 0. The third-order valence-electron chi connectivity index (χ3n) is 2.56. The largest absolute Gasteiger partial charge is 0.416 e. The van der Waals surface area contributed by atoms with E-state index in [1.165, 1.54) is 19.1 Å². The Morgan fingerprint density at radius 1 is 1.25 bits per heavy atom. The Labute approximate surface area is 115 Å². The fourth-order valence-corrected chi connectivity index (χ4v) is 2.13. The molecule has 4 nitrogen and oxygen atoms in total. The summed E-state index contributed by atoms with van der Waals surface area (Å²) in [6, 6.07) is 4.40. The molecule has 8 heteroatoms. The van der Waals surface area contributed by atoms with Crippen LogP contribution < -0.4 is 4.72 Å². The number of rotatable bonds is 4. The fourth-order valence-electron chi connectivity index (χ4n) is 1.56. The van der Waals surface area contributed by atoms with Crippen molar-refractivity contribution in [2.75, 3.05) is 6.26 Å². The van der Waals surface area contributed by atoms with Gasteiger partial charge in [0.1, 0.15) is 0 Å². The minimum Gasteiger partial charge on any atom is -0.274 e. The molecule has 0 heterocycles. The summed E-state index contributed by atoms with van der Waals surface area (Å²) in [6.07, 6.45) is -3.40. The van der Waals surface area contributed by atoms with Gasteiger partial charge in [0.25, 0.3) is 0 Å². The average molecular weight is 309 g/mol. The summed E-state index contributed by atoms with van der Waals surface area (Å²) in [6.45, 7) is 1.50. The van der Waals surface area contributed by atoms with E-state index in [1.54, 1.807) is 0 Å². The van der Waals surface area contributed by atoms with Crippen molar-refractivity contribution in [1.82, 2.24) is 4.72 Å². The van der Waals surface area contributed by atoms with Gasteiger partial charge in [-0.05, 0) is 24.1 Å². The van der Waals surface area contributed by atoms with E-state index in [0.29, 0.717) is 5.56 Å². The maximum Gasteiger partial charge on any atom is 0.416 e. The van der Waals surface area contributed by atoms with Gasteiger partial charge in [0.15, 0.2) is 0 Å². The molecule has 112 valence electrons. The second-order valence-electron chi connectivity index (χ2n) is 4.54. The number of hydrogen-bond acceptors (Lipinski definition) is 3. The Morgan fingerprint density at radius 3 is 2.15 bits per heavy atom. The van der Waals surface area contributed by atoms with Gasteiger partial charge in [0.2, 0.25) is 15.9 Å². The second kappa shape index (κ2) is 5.82. The van der Waals surface area contributed by atoms with Crippen molar-refractivity contribution >= 4 is 15.9 Å². The molecule has 0 spiro atoms. The predicted octanol–water partition coefficient (Wildman–Crippen LogP) is 1.96. The monoisotopic (exact) mass is 309 g/mol. The molecule has 0 aromatic heterocycles. The maximum atomic E-state index is 12.4. The lowest BCUT2D eigenvalue weighted by Crippen LogP contribution is -2.34. The highest BCUT2D eigenvalue weighted by Crippen LogP contribution is 2.29.